The number of β-amino-alcohol motifs (C(OH)–C–C–N with tert-alkyl or cyclic N) is 1. The predicted octanol–water partition coefficient (Wildman–Crippen LogP) is 1.69. The third kappa shape index (κ3) is 3.30. The number of fused-ring (bicyclic) bond motifs is 1. The van der Waals surface area contributed by atoms with Gasteiger partial charge < -0.3 is 10.0 Å². The Balaban J connectivity index is 1.66. The van der Waals surface area contributed by atoms with Gasteiger partial charge >= 0.3 is 0 Å². The number of rotatable bonds is 3. The van der Waals surface area contributed by atoms with Crippen LogP contribution in [0.3, 0.4) is 0 Å². The third-order valence-electron chi connectivity index (χ3n) is 4.67. The number of amides is 1. The Bertz CT molecular complexity index is 488. The smallest absolute Gasteiger partial charge is 0.230 e. The first kappa shape index (κ1) is 15.0. The van der Waals surface area contributed by atoms with E-state index < -0.39 is 0 Å². The average Bonchev–Trinajstić information content (AvgIpc) is 2.86. The Morgan fingerprint density at radius 1 is 1.29 bits per heavy atom. The molecule has 1 aromatic rings. The highest BCUT2D eigenvalue weighted by atomic mass is 32.1. The Hall–Kier alpha value is -0.910. The minimum Gasteiger partial charge on any atom is -0.395 e. The van der Waals surface area contributed by atoms with Crippen molar-refractivity contribution in [1.29, 1.82) is 0 Å². The predicted molar refractivity (Wildman–Crippen MR) is 84.7 cm³/mol. The van der Waals surface area contributed by atoms with E-state index in [1.807, 2.05) is 0 Å². The van der Waals surface area contributed by atoms with Gasteiger partial charge in [-0.1, -0.05) is 0 Å². The number of carbonyl (C=O) groups excluding carboxylic acids is 1. The van der Waals surface area contributed by atoms with E-state index in [0.29, 0.717) is 5.91 Å². The topological polar surface area (TPSA) is 43.8 Å². The second-order valence-corrected chi connectivity index (χ2v) is 6.99. The number of carbonyl (C=O) groups is 1. The van der Waals surface area contributed by atoms with Gasteiger partial charge in [-0.25, -0.2) is 0 Å². The molecular weight excluding hydrogens is 284 g/mol. The molecule has 4 nitrogen and oxygen atoms in total. The average molecular weight is 308 g/mol. The minimum atomic E-state index is 0.0874. The number of hydrogen-bond acceptors (Lipinski definition) is 4. The third-order valence-corrected chi connectivity index (χ3v) is 5.66. The lowest BCUT2D eigenvalue weighted by Gasteiger charge is -2.29. The Morgan fingerprint density at radius 2 is 2.19 bits per heavy atom. The fourth-order valence-electron chi connectivity index (χ4n) is 3.52. The zero-order valence-corrected chi connectivity index (χ0v) is 13.3. The maximum Gasteiger partial charge on any atom is 0.230 e. The summed E-state index contributed by atoms with van der Waals surface area (Å²) in [5, 5.41) is 11.2. The zero-order valence-electron chi connectivity index (χ0n) is 12.5. The van der Waals surface area contributed by atoms with Crippen molar-refractivity contribution in [3.05, 3.63) is 21.9 Å². The van der Waals surface area contributed by atoms with Crippen molar-refractivity contribution in [2.75, 3.05) is 39.3 Å². The molecule has 3 rings (SSSR count). The van der Waals surface area contributed by atoms with Crippen molar-refractivity contribution < 1.29 is 9.90 Å². The molecule has 5 heteroatoms. The van der Waals surface area contributed by atoms with E-state index >= 15 is 0 Å². The summed E-state index contributed by atoms with van der Waals surface area (Å²) >= 11 is 1.80. The molecule has 2 heterocycles. The molecule has 0 saturated carbocycles. The summed E-state index contributed by atoms with van der Waals surface area (Å²) in [4.78, 5) is 18.6. The van der Waals surface area contributed by atoms with Crippen molar-refractivity contribution in [2.45, 2.75) is 31.6 Å². The second kappa shape index (κ2) is 6.90. The molecule has 1 aromatic heterocycles. The number of hydrogen-bond donors (Lipinski definition) is 1. The van der Waals surface area contributed by atoms with Crippen LogP contribution in [0.25, 0.3) is 0 Å². The summed E-state index contributed by atoms with van der Waals surface area (Å²) in [7, 11) is 0. The number of nitrogens with zero attached hydrogens (tertiary/aromatic N) is 2. The van der Waals surface area contributed by atoms with Gasteiger partial charge in [0.2, 0.25) is 5.91 Å². The van der Waals surface area contributed by atoms with Crippen LogP contribution in [-0.2, 0) is 11.2 Å². The standard InChI is InChI=1S/C16H24N2O2S/c19-11-10-17-6-2-7-18(9-8-17)16(20)14-3-1-4-15-13(14)5-12-21-15/h5,12,14,19H,1-4,6-11H2. The number of aryl methyl sites for hydroxylation is 1. The van der Waals surface area contributed by atoms with Crippen molar-refractivity contribution in [3.8, 4) is 0 Å². The molecule has 1 aliphatic carbocycles. The highest BCUT2D eigenvalue weighted by Gasteiger charge is 2.31. The van der Waals surface area contributed by atoms with Crippen molar-refractivity contribution in [2.24, 2.45) is 0 Å². The largest absolute Gasteiger partial charge is 0.395 e. The summed E-state index contributed by atoms with van der Waals surface area (Å²) in [6.07, 6.45) is 4.28. The van der Waals surface area contributed by atoms with E-state index in [0.717, 1.165) is 58.4 Å². The van der Waals surface area contributed by atoms with E-state index in [2.05, 4.69) is 21.2 Å². The van der Waals surface area contributed by atoms with Crippen LogP contribution in [0, 0.1) is 0 Å². The van der Waals surface area contributed by atoms with Gasteiger partial charge in [0.25, 0.3) is 0 Å². The van der Waals surface area contributed by atoms with Gasteiger partial charge in [-0.05, 0) is 49.2 Å². The highest BCUT2D eigenvalue weighted by Crippen LogP contribution is 2.36. The van der Waals surface area contributed by atoms with Crippen LogP contribution in [0.2, 0.25) is 0 Å². The van der Waals surface area contributed by atoms with Gasteiger partial charge in [0, 0.05) is 31.1 Å². The van der Waals surface area contributed by atoms with Crippen LogP contribution in [0.1, 0.15) is 35.6 Å². The number of thiophene rings is 1. The summed E-state index contributed by atoms with van der Waals surface area (Å²) in [6, 6.07) is 2.15. The molecule has 0 radical (unpaired) electrons. The van der Waals surface area contributed by atoms with Crippen LogP contribution in [0.5, 0.6) is 0 Å². The van der Waals surface area contributed by atoms with Gasteiger partial charge in [-0.2, -0.15) is 0 Å². The molecule has 1 fully saturated rings. The lowest BCUT2D eigenvalue weighted by Crippen LogP contribution is -2.39. The summed E-state index contributed by atoms with van der Waals surface area (Å²) in [5.74, 6) is 0.407. The molecule has 1 saturated heterocycles. The molecule has 116 valence electrons. The maximum absolute atomic E-state index is 12.9. The fraction of sp³-hybridized carbons (Fsp3) is 0.688. The van der Waals surface area contributed by atoms with Crippen LogP contribution in [-0.4, -0.2) is 60.1 Å². The van der Waals surface area contributed by atoms with E-state index in [4.69, 9.17) is 5.11 Å². The van der Waals surface area contributed by atoms with Crippen LogP contribution in [0.4, 0.5) is 0 Å². The second-order valence-electron chi connectivity index (χ2n) is 5.99. The first-order chi connectivity index (χ1) is 10.3. The van der Waals surface area contributed by atoms with Gasteiger partial charge in [-0.15, -0.1) is 11.3 Å². The van der Waals surface area contributed by atoms with E-state index in [-0.39, 0.29) is 12.5 Å². The molecule has 1 aliphatic heterocycles. The normalized spacial score (nSPS) is 23.7. The van der Waals surface area contributed by atoms with E-state index in [1.54, 1.807) is 11.3 Å². The molecule has 0 spiro atoms. The molecule has 1 unspecified atom stereocenters. The van der Waals surface area contributed by atoms with Gasteiger partial charge in [-0.3, -0.25) is 9.69 Å². The SMILES string of the molecule is O=C(C1CCCc2sccc21)N1CCCN(CCO)CC1. The number of aliphatic hydroxyl groups excluding tert-OH is 1. The molecule has 0 aromatic carbocycles. The summed E-state index contributed by atoms with van der Waals surface area (Å²) < 4.78 is 0. The van der Waals surface area contributed by atoms with Gasteiger partial charge in [0.1, 0.15) is 0 Å². The summed E-state index contributed by atoms with van der Waals surface area (Å²) in [5.41, 5.74) is 1.28. The Morgan fingerprint density at radius 3 is 3.05 bits per heavy atom. The summed E-state index contributed by atoms with van der Waals surface area (Å²) in [6.45, 7) is 4.45. The molecular formula is C16H24N2O2S. The Kier molecular flexibility index (Phi) is 4.93. The van der Waals surface area contributed by atoms with Gasteiger partial charge in [0.05, 0.1) is 12.5 Å². The minimum absolute atomic E-state index is 0.0874. The monoisotopic (exact) mass is 308 g/mol. The fourth-order valence-corrected chi connectivity index (χ4v) is 4.51. The lowest BCUT2D eigenvalue weighted by molar-refractivity contribution is -0.133. The first-order valence-corrected chi connectivity index (χ1v) is 8.86. The molecule has 1 atom stereocenters. The van der Waals surface area contributed by atoms with Crippen molar-refractivity contribution >= 4 is 17.2 Å². The maximum atomic E-state index is 12.9. The first-order valence-electron chi connectivity index (χ1n) is 7.98. The highest BCUT2D eigenvalue weighted by molar-refractivity contribution is 7.10. The molecule has 21 heavy (non-hydrogen) atoms. The van der Waals surface area contributed by atoms with E-state index in [1.165, 1.54) is 10.4 Å². The van der Waals surface area contributed by atoms with Crippen LogP contribution >= 0.6 is 11.3 Å². The zero-order chi connectivity index (χ0) is 14.7. The van der Waals surface area contributed by atoms with Crippen LogP contribution in [0.15, 0.2) is 11.4 Å². The molecule has 1 N–H and O–H groups in total. The van der Waals surface area contributed by atoms with Gasteiger partial charge in [0.15, 0.2) is 0 Å². The Labute approximate surface area is 130 Å². The number of aliphatic hydroxyl groups is 1. The molecule has 1 amide bonds. The van der Waals surface area contributed by atoms with Crippen LogP contribution < -0.4 is 0 Å². The van der Waals surface area contributed by atoms with Crippen molar-refractivity contribution in [1.82, 2.24) is 9.80 Å². The molecule has 2 aliphatic rings. The quantitative estimate of drug-likeness (QED) is 0.924. The molecule has 0 bridgehead atoms. The van der Waals surface area contributed by atoms with Crippen molar-refractivity contribution in [3.63, 3.8) is 0 Å². The lowest BCUT2D eigenvalue weighted by atomic mass is 9.86. The van der Waals surface area contributed by atoms with E-state index in [9.17, 15) is 4.79 Å².